The third-order valence-electron chi connectivity index (χ3n) is 5.60. The largest absolute Gasteiger partial charge is 0.375 e. The van der Waals surface area contributed by atoms with E-state index in [1.807, 2.05) is 0 Å². The molecule has 30 heavy (non-hydrogen) atoms. The molecule has 2 unspecified atom stereocenters. The average molecular weight is 425 g/mol. The maximum Gasteiger partial charge on any atom is 0.142 e. The maximum absolute atomic E-state index is 6.03. The van der Waals surface area contributed by atoms with Gasteiger partial charge in [0.25, 0.3) is 0 Å². The van der Waals surface area contributed by atoms with E-state index in [1.165, 1.54) is 83.5 Å². The minimum atomic E-state index is -0.132. The van der Waals surface area contributed by atoms with Crippen molar-refractivity contribution in [1.29, 1.82) is 0 Å². The minimum absolute atomic E-state index is 0.0756. The molecule has 1 fully saturated rings. The van der Waals surface area contributed by atoms with Gasteiger partial charge in [-0.25, -0.2) is 9.78 Å². The van der Waals surface area contributed by atoms with Crippen LogP contribution < -0.4 is 0 Å². The van der Waals surface area contributed by atoms with Crippen LogP contribution in [0.5, 0.6) is 0 Å². The van der Waals surface area contributed by atoms with E-state index in [-0.39, 0.29) is 12.2 Å². The lowest BCUT2D eigenvalue weighted by atomic mass is 10.1. The Morgan fingerprint density at radius 2 is 1.50 bits per heavy atom. The smallest absolute Gasteiger partial charge is 0.142 e. The zero-order valence-corrected chi connectivity index (χ0v) is 19.7. The summed E-state index contributed by atoms with van der Waals surface area (Å²) in [6, 6.07) is 0. The van der Waals surface area contributed by atoms with E-state index in [1.54, 1.807) is 6.08 Å². The van der Waals surface area contributed by atoms with E-state index in [4.69, 9.17) is 19.2 Å². The number of unbranched alkanes of at least 4 members (excludes halogenated alkanes) is 12. The molecular weight excluding hydrogens is 376 g/mol. The molecule has 0 amide bonds. The first kappa shape index (κ1) is 27.4. The van der Waals surface area contributed by atoms with Crippen LogP contribution in [0.15, 0.2) is 24.8 Å². The molecule has 0 spiro atoms. The van der Waals surface area contributed by atoms with Crippen molar-refractivity contribution in [2.75, 3.05) is 26.4 Å². The van der Waals surface area contributed by atoms with Crippen LogP contribution in [0, 0.1) is 0 Å². The second-order valence-corrected chi connectivity index (χ2v) is 8.42. The molecule has 4 heteroatoms. The van der Waals surface area contributed by atoms with Gasteiger partial charge in [0.1, 0.15) is 6.10 Å². The van der Waals surface area contributed by atoms with Gasteiger partial charge < -0.3 is 9.47 Å². The summed E-state index contributed by atoms with van der Waals surface area (Å²) >= 11 is 0. The molecule has 1 aliphatic rings. The third-order valence-corrected chi connectivity index (χ3v) is 5.60. The van der Waals surface area contributed by atoms with Crippen molar-refractivity contribution in [3.05, 3.63) is 24.8 Å². The van der Waals surface area contributed by atoms with Gasteiger partial charge in [-0.3, -0.25) is 0 Å². The van der Waals surface area contributed by atoms with Crippen molar-refractivity contribution < 1.29 is 19.2 Å². The summed E-state index contributed by atoms with van der Waals surface area (Å²) in [7, 11) is 0. The summed E-state index contributed by atoms with van der Waals surface area (Å²) in [6.07, 6.45) is 25.9. The highest BCUT2D eigenvalue weighted by Crippen LogP contribution is 2.17. The van der Waals surface area contributed by atoms with Gasteiger partial charge >= 0.3 is 0 Å². The Balaban J connectivity index is 1.85. The fraction of sp³-hybridized carbons (Fsp3) is 0.846. The maximum atomic E-state index is 6.03. The zero-order chi connectivity index (χ0) is 21.5. The van der Waals surface area contributed by atoms with Crippen LogP contribution in [0.3, 0.4) is 0 Å². The molecule has 0 aromatic rings. The molecule has 0 radical (unpaired) electrons. The van der Waals surface area contributed by atoms with Gasteiger partial charge in [-0.15, -0.1) is 6.58 Å². The number of ether oxygens (including phenoxy) is 2. The molecule has 1 rings (SSSR count). The molecule has 176 valence electrons. The SMILES string of the molecule is C=CCOCC1OOCCC1OCCCCCCCC/C=C\CCCCCCCC. The molecule has 4 nitrogen and oxygen atoms in total. The highest BCUT2D eigenvalue weighted by atomic mass is 17.2. The molecule has 0 bridgehead atoms. The third kappa shape index (κ3) is 16.1. The van der Waals surface area contributed by atoms with Crippen molar-refractivity contribution in [2.45, 2.75) is 115 Å². The Morgan fingerprint density at radius 1 is 0.867 bits per heavy atom. The van der Waals surface area contributed by atoms with E-state index in [9.17, 15) is 0 Å². The van der Waals surface area contributed by atoms with Crippen molar-refractivity contribution in [3.63, 3.8) is 0 Å². The first-order valence-electron chi connectivity index (χ1n) is 12.6. The zero-order valence-electron chi connectivity index (χ0n) is 19.7. The quantitative estimate of drug-likeness (QED) is 0.110. The Kier molecular flexibility index (Phi) is 19.6. The second kappa shape index (κ2) is 21.5. The monoisotopic (exact) mass is 424 g/mol. The van der Waals surface area contributed by atoms with Crippen molar-refractivity contribution in [1.82, 2.24) is 0 Å². The van der Waals surface area contributed by atoms with Crippen LogP contribution in [0.25, 0.3) is 0 Å². The van der Waals surface area contributed by atoms with Gasteiger partial charge in [0.2, 0.25) is 0 Å². The molecular formula is C26H48O4. The summed E-state index contributed by atoms with van der Waals surface area (Å²) in [5, 5.41) is 0. The molecule has 0 aromatic heterocycles. The lowest BCUT2D eigenvalue weighted by Gasteiger charge is -2.30. The number of hydrogen-bond donors (Lipinski definition) is 0. The summed E-state index contributed by atoms with van der Waals surface area (Å²) in [5.41, 5.74) is 0. The van der Waals surface area contributed by atoms with Crippen molar-refractivity contribution in [3.8, 4) is 0 Å². The van der Waals surface area contributed by atoms with Gasteiger partial charge in [0, 0.05) is 13.0 Å². The van der Waals surface area contributed by atoms with E-state index >= 15 is 0 Å². The molecule has 2 atom stereocenters. The summed E-state index contributed by atoms with van der Waals surface area (Å²) < 4.78 is 11.5. The molecule has 1 saturated heterocycles. The highest BCUT2D eigenvalue weighted by Gasteiger charge is 2.28. The van der Waals surface area contributed by atoms with Crippen molar-refractivity contribution >= 4 is 0 Å². The molecule has 0 N–H and O–H groups in total. The highest BCUT2D eigenvalue weighted by molar-refractivity contribution is 4.81. The van der Waals surface area contributed by atoms with E-state index < -0.39 is 0 Å². The van der Waals surface area contributed by atoms with E-state index in [2.05, 4.69) is 25.7 Å². The van der Waals surface area contributed by atoms with Gasteiger partial charge in [-0.05, 0) is 32.1 Å². The Bertz CT molecular complexity index is 396. The fourth-order valence-electron chi connectivity index (χ4n) is 3.73. The predicted octanol–water partition coefficient (Wildman–Crippen LogP) is 7.33. The Hall–Kier alpha value is -0.680. The average Bonchev–Trinajstić information content (AvgIpc) is 2.77. The fourth-order valence-corrected chi connectivity index (χ4v) is 3.73. The normalized spacial score (nSPS) is 19.5. The molecule has 0 aromatic carbocycles. The van der Waals surface area contributed by atoms with Crippen LogP contribution in [0.1, 0.15) is 103 Å². The predicted molar refractivity (Wildman–Crippen MR) is 126 cm³/mol. The van der Waals surface area contributed by atoms with Gasteiger partial charge in [-0.1, -0.05) is 82.9 Å². The summed E-state index contributed by atoms with van der Waals surface area (Å²) in [6.45, 7) is 8.35. The van der Waals surface area contributed by atoms with Crippen LogP contribution in [0.4, 0.5) is 0 Å². The number of allylic oxidation sites excluding steroid dienone is 2. The first-order chi connectivity index (χ1) is 14.9. The second-order valence-electron chi connectivity index (χ2n) is 8.42. The van der Waals surface area contributed by atoms with Gasteiger partial charge in [0.05, 0.1) is 25.9 Å². The summed E-state index contributed by atoms with van der Waals surface area (Å²) in [4.78, 5) is 10.4. The Labute approximate surface area is 186 Å². The van der Waals surface area contributed by atoms with Gasteiger partial charge in [-0.2, -0.15) is 0 Å². The lowest BCUT2D eigenvalue weighted by molar-refractivity contribution is -0.372. The van der Waals surface area contributed by atoms with Gasteiger partial charge in [0.15, 0.2) is 0 Å². The topological polar surface area (TPSA) is 36.9 Å². The molecule has 1 aliphatic heterocycles. The van der Waals surface area contributed by atoms with E-state index in [0.717, 1.165) is 19.4 Å². The first-order valence-corrected chi connectivity index (χ1v) is 12.6. The number of hydrogen-bond acceptors (Lipinski definition) is 4. The minimum Gasteiger partial charge on any atom is -0.375 e. The molecule has 1 heterocycles. The van der Waals surface area contributed by atoms with Crippen LogP contribution >= 0.6 is 0 Å². The Morgan fingerprint density at radius 3 is 2.17 bits per heavy atom. The molecule has 0 saturated carbocycles. The summed E-state index contributed by atoms with van der Waals surface area (Å²) in [5.74, 6) is 0. The van der Waals surface area contributed by atoms with E-state index in [0.29, 0.717) is 19.8 Å². The van der Waals surface area contributed by atoms with Crippen molar-refractivity contribution in [2.24, 2.45) is 0 Å². The van der Waals surface area contributed by atoms with Crippen LogP contribution in [-0.4, -0.2) is 38.6 Å². The number of rotatable bonds is 21. The lowest BCUT2D eigenvalue weighted by Crippen LogP contribution is -2.40. The van der Waals surface area contributed by atoms with Crippen LogP contribution in [-0.2, 0) is 19.2 Å². The molecule has 0 aliphatic carbocycles. The standard InChI is InChI=1S/C26H48O4/c1-3-5-6-7-8-9-10-11-12-13-14-15-16-17-18-19-22-28-25-20-23-29-30-26(25)24-27-21-4-2/h4,11-12,25-26H,2-3,5-10,13-24H2,1H3/b12-11-. The van der Waals surface area contributed by atoms with Crippen LogP contribution in [0.2, 0.25) is 0 Å².